The average Bonchev–Trinajstić information content (AvgIpc) is 2.40. The van der Waals surface area contributed by atoms with Crippen molar-refractivity contribution in [1.82, 2.24) is 4.90 Å². The number of nitrogens with zero attached hydrogens (tertiary/aromatic N) is 2. The summed E-state index contributed by atoms with van der Waals surface area (Å²) < 4.78 is 0. The highest BCUT2D eigenvalue weighted by Crippen LogP contribution is 2.16. The molecule has 0 fully saturated rings. The van der Waals surface area contributed by atoms with Gasteiger partial charge in [0, 0.05) is 26.8 Å². The van der Waals surface area contributed by atoms with E-state index in [-0.39, 0.29) is 0 Å². The maximum Gasteiger partial charge on any atom is 0.0657 e. The molecular formula is C17H22N2. The highest BCUT2D eigenvalue weighted by molar-refractivity contribution is 5.56. The summed E-state index contributed by atoms with van der Waals surface area (Å²) >= 11 is 0. The molecule has 0 aromatic heterocycles. The monoisotopic (exact) mass is 254 g/mol. The van der Waals surface area contributed by atoms with Crippen molar-refractivity contribution in [2.24, 2.45) is 0 Å². The van der Waals surface area contributed by atoms with Gasteiger partial charge in [-0.15, -0.1) is 0 Å². The van der Waals surface area contributed by atoms with Crippen LogP contribution in [-0.2, 0) is 0 Å². The normalized spacial score (nSPS) is 18.8. The number of rotatable bonds is 3. The maximum absolute atomic E-state index is 2.27. The predicted octanol–water partition coefficient (Wildman–Crippen LogP) is 3.54. The molecule has 19 heavy (non-hydrogen) atoms. The Hall–Kier alpha value is -1.96. The van der Waals surface area contributed by atoms with E-state index in [2.05, 4.69) is 92.6 Å². The van der Waals surface area contributed by atoms with E-state index in [1.165, 1.54) is 16.8 Å². The van der Waals surface area contributed by atoms with Crippen molar-refractivity contribution in [2.75, 3.05) is 26.0 Å². The first kappa shape index (κ1) is 13.5. The molecule has 1 aromatic carbocycles. The van der Waals surface area contributed by atoms with Crippen molar-refractivity contribution in [3.63, 3.8) is 0 Å². The van der Waals surface area contributed by atoms with Crippen molar-refractivity contribution >= 4 is 11.8 Å². The summed E-state index contributed by atoms with van der Waals surface area (Å²) in [6, 6.07) is 8.94. The van der Waals surface area contributed by atoms with Gasteiger partial charge in [-0.3, -0.25) is 0 Å². The fourth-order valence-corrected chi connectivity index (χ4v) is 2.06. The molecule has 0 bridgehead atoms. The molecule has 0 aliphatic carbocycles. The molecule has 0 spiro atoms. The Kier molecular flexibility index (Phi) is 4.10. The second kappa shape index (κ2) is 5.79. The lowest BCUT2D eigenvalue weighted by atomic mass is 10.1. The summed E-state index contributed by atoms with van der Waals surface area (Å²) in [5.74, 6) is 0. The first-order valence-corrected chi connectivity index (χ1v) is 6.60. The van der Waals surface area contributed by atoms with E-state index >= 15 is 0 Å². The molecule has 1 heterocycles. The van der Waals surface area contributed by atoms with Crippen molar-refractivity contribution in [3.05, 3.63) is 59.8 Å². The third-order valence-corrected chi connectivity index (χ3v) is 3.37. The van der Waals surface area contributed by atoms with Crippen LogP contribution >= 0.6 is 0 Å². The Balaban J connectivity index is 2.08. The first-order chi connectivity index (χ1) is 9.06. The van der Waals surface area contributed by atoms with Crippen molar-refractivity contribution < 1.29 is 0 Å². The van der Waals surface area contributed by atoms with E-state index in [1.54, 1.807) is 0 Å². The van der Waals surface area contributed by atoms with Gasteiger partial charge >= 0.3 is 0 Å². The van der Waals surface area contributed by atoms with Gasteiger partial charge in [0.25, 0.3) is 0 Å². The minimum atomic E-state index is 0.346. The molecule has 1 aromatic rings. The van der Waals surface area contributed by atoms with E-state index in [4.69, 9.17) is 0 Å². The Morgan fingerprint density at radius 3 is 2.47 bits per heavy atom. The summed E-state index contributed by atoms with van der Waals surface area (Å²) in [4.78, 5) is 4.32. The van der Waals surface area contributed by atoms with E-state index in [0.717, 1.165) is 0 Å². The van der Waals surface area contributed by atoms with Crippen LogP contribution in [0.4, 0.5) is 5.69 Å². The van der Waals surface area contributed by atoms with Crippen LogP contribution in [0, 0.1) is 0 Å². The molecule has 1 aliphatic rings. The zero-order valence-corrected chi connectivity index (χ0v) is 12.2. The van der Waals surface area contributed by atoms with Gasteiger partial charge in [-0.05, 0) is 36.9 Å². The van der Waals surface area contributed by atoms with Gasteiger partial charge in [-0.1, -0.05) is 35.9 Å². The number of hydrogen-bond donors (Lipinski definition) is 0. The van der Waals surface area contributed by atoms with Crippen LogP contribution in [0.1, 0.15) is 12.5 Å². The Morgan fingerprint density at radius 1 is 1.16 bits per heavy atom. The summed E-state index contributed by atoms with van der Waals surface area (Å²) in [6.45, 7) is 2.14. The molecular weight excluding hydrogens is 232 g/mol. The minimum Gasteiger partial charge on any atom is -0.378 e. The van der Waals surface area contributed by atoms with Crippen LogP contribution in [0.15, 0.2) is 54.3 Å². The lowest BCUT2D eigenvalue weighted by Gasteiger charge is -2.25. The van der Waals surface area contributed by atoms with Crippen LogP contribution in [0.5, 0.6) is 0 Å². The molecule has 0 N–H and O–H groups in total. The Bertz CT molecular complexity index is 507. The number of benzene rings is 1. The third-order valence-electron chi connectivity index (χ3n) is 3.37. The van der Waals surface area contributed by atoms with Crippen LogP contribution < -0.4 is 4.90 Å². The van der Waals surface area contributed by atoms with Crippen LogP contribution in [0.3, 0.4) is 0 Å². The molecule has 100 valence electrons. The lowest BCUT2D eigenvalue weighted by Crippen LogP contribution is -2.25. The number of anilines is 1. The molecule has 0 saturated heterocycles. The average molecular weight is 254 g/mol. The van der Waals surface area contributed by atoms with Gasteiger partial charge in [-0.25, -0.2) is 0 Å². The van der Waals surface area contributed by atoms with E-state index in [9.17, 15) is 0 Å². The van der Waals surface area contributed by atoms with Gasteiger partial charge in [-0.2, -0.15) is 0 Å². The topological polar surface area (TPSA) is 6.48 Å². The molecule has 0 amide bonds. The van der Waals surface area contributed by atoms with Crippen LogP contribution in [-0.4, -0.2) is 32.1 Å². The molecule has 1 aliphatic heterocycles. The fourth-order valence-electron chi connectivity index (χ4n) is 2.06. The summed E-state index contributed by atoms with van der Waals surface area (Å²) in [7, 11) is 6.22. The maximum atomic E-state index is 2.27. The predicted molar refractivity (Wildman–Crippen MR) is 84.3 cm³/mol. The summed E-state index contributed by atoms with van der Waals surface area (Å²) in [5, 5.41) is 0. The highest BCUT2D eigenvalue weighted by Gasteiger charge is 2.08. The molecule has 2 rings (SSSR count). The van der Waals surface area contributed by atoms with Gasteiger partial charge in [0.2, 0.25) is 0 Å². The second-order valence-electron chi connectivity index (χ2n) is 5.23. The fraction of sp³-hybridized carbons (Fsp3) is 0.294. The molecule has 0 saturated carbocycles. The highest BCUT2D eigenvalue weighted by atomic mass is 15.1. The van der Waals surface area contributed by atoms with E-state index in [1.807, 2.05) is 0 Å². The molecule has 1 unspecified atom stereocenters. The molecule has 2 nitrogen and oxygen atoms in total. The van der Waals surface area contributed by atoms with Crippen molar-refractivity contribution in [1.29, 1.82) is 0 Å². The van der Waals surface area contributed by atoms with E-state index < -0.39 is 0 Å². The van der Waals surface area contributed by atoms with Gasteiger partial charge in [0.1, 0.15) is 0 Å². The molecule has 2 heteroatoms. The number of allylic oxidation sites excluding steroid dienone is 2. The van der Waals surface area contributed by atoms with Gasteiger partial charge < -0.3 is 9.80 Å². The Labute approximate surface area is 116 Å². The Morgan fingerprint density at radius 2 is 1.84 bits per heavy atom. The third kappa shape index (κ3) is 3.50. The quantitative estimate of drug-likeness (QED) is 0.814. The standard InChI is InChI=1S/C17H22N2/c1-14-11-12-19(4)17(13-14)10-7-15-5-8-16(9-6-15)18(2)3/h5-13,17H,1-4H3/b10-7+. The zero-order chi connectivity index (χ0) is 13.8. The first-order valence-electron chi connectivity index (χ1n) is 6.60. The van der Waals surface area contributed by atoms with Crippen LogP contribution in [0.2, 0.25) is 0 Å². The molecule has 1 atom stereocenters. The van der Waals surface area contributed by atoms with E-state index in [0.29, 0.717) is 6.04 Å². The largest absolute Gasteiger partial charge is 0.378 e. The van der Waals surface area contributed by atoms with Crippen LogP contribution in [0.25, 0.3) is 6.08 Å². The summed E-state index contributed by atoms with van der Waals surface area (Å²) in [5.41, 5.74) is 3.78. The zero-order valence-electron chi connectivity index (χ0n) is 12.2. The smallest absolute Gasteiger partial charge is 0.0657 e. The van der Waals surface area contributed by atoms with Crippen molar-refractivity contribution in [2.45, 2.75) is 13.0 Å². The number of hydrogen-bond acceptors (Lipinski definition) is 2. The lowest BCUT2D eigenvalue weighted by molar-refractivity contribution is 0.432. The minimum absolute atomic E-state index is 0.346. The SMILES string of the molecule is CC1=CC(/C=C/c2ccc(N(C)C)cc2)N(C)C=C1. The number of likely N-dealkylation sites (N-methyl/N-ethyl adjacent to an activating group) is 1. The van der Waals surface area contributed by atoms with Crippen molar-refractivity contribution in [3.8, 4) is 0 Å². The summed E-state index contributed by atoms with van der Waals surface area (Å²) in [6.07, 6.45) is 10.9. The van der Waals surface area contributed by atoms with Gasteiger partial charge in [0.15, 0.2) is 0 Å². The molecule has 0 radical (unpaired) electrons. The second-order valence-corrected chi connectivity index (χ2v) is 5.23. The van der Waals surface area contributed by atoms with Gasteiger partial charge in [0.05, 0.1) is 6.04 Å².